The topological polar surface area (TPSA) is 60.0 Å². The lowest BCUT2D eigenvalue weighted by Crippen LogP contribution is -2.53. The molecule has 5 heteroatoms. The number of likely N-dealkylation sites (N-methyl/N-ethyl adjacent to an activating group) is 1. The number of nitrogens with zero attached hydrogens (tertiary/aromatic N) is 4. The zero-order valence-electron chi connectivity index (χ0n) is 13.9. The summed E-state index contributed by atoms with van der Waals surface area (Å²) in [6, 6.07) is 0.351. The SMILES string of the molecule is CCN(Cc1ncnn1C(C)C)C1(CN)CCCCCC1. The molecular weight excluding hydrogens is 262 g/mol. The predicted octanol–water partition coefficient (Wildman–Crippen LogP) is 2.73. The minimum absolute atomic E-state index is 0.152. The van der Waals surface area contributed by atoms with Crippen molar-refractivity contribution >= 4 is 0 Å². The van der Waals surface area contributed by atoms with Gasteiger partial charge in [-0.1, -0.05) is 32.6 Å². The van der Waals surface area contributed by atoms with E-state index in [4.69, 9.17) is 5.73 Å². The fourth-order valence-electron chi connectivity index (χ4n) is 3.64. The van der Waals surface area contributed by atoms with Crippen molar-refractivity contribution in [3.63, 3.8) is 0 Å². The maximum atomic E-state index is 6.23. The van der Waals surface area contributed by atoms with Gasteiger partial charge in [-0.05, 0) is 33.2 Å². The van der Waals surface area contributed by atoms with Crippen LogP contribution >= 0.6 is 0 Å². The van der Waals surface area contributed by atoms with Crippen LogP contribution in [0.2, 0.25) is 0 Å². The van der Waals surface area contributed by atoms with Gasteiger partial charge in [-0.3, -0.25) is 4.90 Å². The molecule has 0 amide bonds. The van der Waals surface area contributed by atoms with Gasteiger partial charge in [0.25, 0.3) is 0 Å². The summed E-state index contributed by atoms with van der Waals surface area (Å²) in [5.41, 5.74) is 6.38. The molecule has 0 aromatic carbocycles. The Morgan fingerprint density at radius 1 is 1.29 bits per heavy atom. The highest BCUT2D eigenvalue weighted by Gasteiger charge is 2.35. The zero-order valence-corrected chi connectivity index (χ0v) is 13.9. The molecule has 5 nitrogen and oxygen atoms in total. The van der Waals surface area contributed by atoms with Crippen LogP contribution in [0.1, 0.15) is 71.2 Å². The molecule has 1 fully saturated rings. The largest absolute Gasteiger partial charge is 0.329 e. The Morgan fingerprint density at radius 3 is 2.48 bits per heavy atom. The van der Waals surface area contributed by atoms with E-state index in [2.05, 4.69) is 35.8 Å². The van der Waals surface area contributed by atoms with Crippen LogP contribution in [0.15, 0.2) is 6.33 Å². The standard InChI is InChI=1S/C16H31N5/c1-4-20(11-15-18-13-19-21(15)14(2)3)16(12-17)9-7-5-6-8-10-16/h13-14H,4-12,17H2,1-3H3. The van der Waals surface area contributed by atoms with Gasteiger partial charge < -0.3 is 5.73 Å². The van der Waals surface area contributed by atoms with Gasteiger partial charge in [0.05, 0.1) is 6.54 Å². The number of nitrogens with two attached hydrogens (primary N) is 1. The molecule has 1 aliphatic rings. The van der Waals surface area contributed by atoms with Crippen molar-refractivity contribution < 1.29 is 0 Å². The molecule has 0 radical (unpaired) electrons. The first kappa shape index (κ1) is 16.4. The highest BCUT2D eigenvalue weighted by Crippen LogP contribution is 2.32. The van der Waals surface area contributed by atoms with Gasteiger partial charge in [0, 0.05) is 18.1 Å². The Kier molecular flexibility index (Phi) is 5.76. The minimum Gasteiger partial charge on any atom is -0.329 e. The Balaban J connectivity index is 2.18. The molecular formula is C16H31N5. The maximum Gasteiger partial charge on any atom is 0.141 e. The van der Waals surface area contributed by atoms with Gasteiger partial charge in [-0.15, -0.1) is 0 Å². The van der Waals surface area contributed by atoms with Crippen LogP contribution in [0.4, 0.5) is 0 Å². The Hall–Kier alpha value is -0.940. The summed E-state index contributed by atoms with van der Waals surface area (Å²) in [7, 11) is 0. The van der Waals surface area contributed by atoms with Crippen molar-refractivity contribution in [3.05, 3.63) is 12.2 Å². The van der Waals surface area contributed by atoms with Gasteiger partial charge in [-0.25, -0.2) is 9.67 Å². The van der Waals surface area contributed by atoms with Gasteiger partial charge in [-0.2, -0.15) is 5.10 Å². The normalized spacial score (nSPS) is 19.1. The van der Waals surface area contributed by atoms with Crippen molar-refractivity contribution in [2.45, 2.75) is 77.4 Å². The Labute approximate surface area is 128 Å². The first-order valence-electron chi connectivity index (χ1n) is 8.46. The van der Waals surface area contributed by atoms with Crippen LogP contribution < -0.4 is 5.73 Å². The van der Waals surface area contributed by atoms with Crippen molar-refractivity contribution in [1.82, 2.24) is 19.7 Å². The second-order valence-electron chi connectivity index (χ2n) is 6.57. The summed E-state index contributed by atoms with van der Waals surface area (Å²) >= 11 is 0. The number of hydrogen-bond acceptors (Lipinski definition) is 4. The van der Waals surface area contributed by atoms with E-state index < -0.39 is 0 Å². The first-order valence-corrected chi connectivity index (χ1v) is 8.46. The molecule has 1 heterocycles. The zero-order chi connectivity index (χ0) is 15.3. The van der Waals surface area contributed by atoms with Gasteiger partial charge in [0.2, 0.25) is 0 Å². The summed E-state index contributed by atoms with van der Waals surface area (Å²) in [5.74, 6) is 1.06. The predicted molar refractivity (Wildman–Crippen MR) is 86.0 cm³/mol. The number of hydrogen-bond donors (Lipinski definition) is 1. The summed E-state index contributed by atoms with van der Waals surface area (Å²) in [4.78, 5) is 7.02. The average Bonchev–Trinajstić information content (AvgIpc) is 2.81. The van der Waals surface area contributed by atoms with Crippen LogP contribution in [-0.2, 0) is 6.54 Å². The molecule has 0 bridgehead atoms. The van der Waals surface area contributed by atoms with Crippen LogP contribution in [0.5, 0.6) is 0 Å². The molecule has 21 heavy (non-hydrogen) atoms. The summed E-state index contributed by atoms with van der Waals surface area (Å²) in [5, 5.41) is 4.36. The quantitative estimate of drug-likeness (QED) is 0.819. The van der Waals surface area contributed by atoms with Crippen LogP contribution in [0, 0.1) is 0 Å². The third-order valence-corrected chi connectivity index (χ3v) is 4.94. The van der Waals surface area contributed by atoms with Gasteiger partial charge in [0.15, 0.2) is 0 Å². The molecule has 2 rings (SSSR count). The van der Waals surface area contributed by atoms with Gasteiger partial charge >= 0.3 is 0 Å². The van der Waals surface area contributed by atoms with Crippen LogP contribution in [0.25, 0.3) is 0 Å². The molecule has 0 unspecified atom stereocenters. The highest BCUT2D eigenvalue weighted by molar-refractivity contribution is 4.96. The molecule has 2 N–H and O–H groups in total. The highest BCUT2D eigenvalue weighted by atomic mass is 15.4. The fraction of sp³-hybridized carbons (Fsp3) is 0.875. The Bertz CT molecular complexity index is 418. The summed E-state index contributed by atoms with van der Waals surface area (Å²) < 4.78 is 2.03. The van der Waals surface area contributed by atoms with E-state index in [1.807, 2.05) is 4.68 Å². The monoisotopic (exact) mass is 293 g/mol. The Morgan fingerprint density at radius 2 is 1.95 bits per heavy atom. The van der Waals surface area contributed by atoms with E-state index in [-0.39, 0.29) is 5.54 Å². The summed E-state index contributed by atoms with van der Waals surface area (Å²) in [6.45, 7) is 9.15. The van der Waals surface area contributed by atoms with Gasteiger partial charge in [0.1, 0.15) is 12.2 Å². The van der Waals surface area contributed by atoms with E-state index in [9.17, 15) is 0 Å². The minimum atomic E-state index is 0.152. The molecule has 1 aromatic rings. The van der Waals surface area contributed by atoms with E-state index >= 15 is 0 Å². The smallest absolute Gasteiger partial charge is 0.141 e. The molecule has 120 valence electrons. The molecule has 0 saturated heterocycles. The van der Waals surface area contributed by atoms with Crippen molar-refractivity contribution in [1.29, 1.82) is 0 Å². The van der Waals surface area contributed by atoms with Crippen LogP contribution in [-0.4, -0.2) is 38.3 Å². The summed E-state index contributed by atoms with van der Waals surface area (Å²) in [6.07, 6.45) is 9.39. The third-order valence-electron chi connectivity index (χ3n) is 4.94. The average molecular weight is 293 g/mol. The van der Waals surface area contributed by atoms with Crippen molar-refractivity contribution in [3.8, 4) is 0 Å². The van der Waals surface area contributed by atoms with Crippen molar-refractivity contribution in [2.24, 2.45) is 5.73 Å². The molecule has 1 aromatic heterocycles. The molecule has 0 atom stereocenters. The van der Waals surface area contributed by atoms with E-state index in [0.717, 1.165) is 25.5 Å². The maximum absolute atomic E-state index is 6.23. The lowest BCUT2D eigenvalue weighted by atomic mass is 9.88. The van der Waals surface area contributed by atoms with E-state index in [1.54, 1.807) is 6.33 Å². The number of aromatic nitrogens is 3. The molecule has 0 aliphatic heterocycles. The number of rotatable bonds is 6. The lowest BCUT2D eigenvalue weighted by Gasteiger charge is -2.42. The van der Waals surface area contributed by atoms with Crippen LogP contribution in [0.3, 0.4) is 0 Å². The molecule has 1 saturated carbocycles. The first-order chi connectivity index (χ1) is 10.1. The van der Waals surface area contributed by atoms with E-state index in [0.29, 0.717) is 6.04 Å². The van der Waals surface area contributed by atoms with Crippen molar-refractivity contribution in [2.75, 3.05) is 13.1 Å². The second kappa shape index (κ2) is 7.36. The lowest BCUT2D eigenvalue weighted by molar-refractivity contribution is 0.0711. The fourth-order valence-corrected chi connectivity index (χ4v) is 3.64. The second-order valence-corrected chi connectivity index (χ2v) is 6.57. The third kappa shape index (κ3) is 3.64. The molecule has 1 aliphatic carbocycles. The molecule has 0 spiro atoms. The van der Waals surface area contributed by atoms with E-state index in [1.165, 1.54) is 38.5 Å².